The minimum atomic E-state index is -0.185. The second-order valence-electron chi connectivity index (χ2n) is 4.65. The first-order valence-electron chi connectivity index (χ1n) is 6.82. The molecule has 5 heteroatoms. The molecule has 0 saturated heterocycles. The SMILES string of the molecule is CCCn1nc(-c2ccc(OC)cc2)cc(CC#N)c1=O. The third-order valence-electron chi connectivity index (χ3n) is 3.14. The fraction of sp³-hybridized carbons (Fsp3) is 0.312. The maximum absolute atomic E-state index is 12.2. The van der Waals surface area contributed by atoms with Crippen molar-refractivity contribution in [1.82, 2.24) is 9.78 Å². The Morgan fingerprint density at radius 1 is 1.33 bits per heavy atom. The summed E-state index contributed by atoms with van der Waals surface area (Å²) in [5, 5.41) is 13.2. The van der Waals surface area contributed by atoms with E-state index >= 15 is 0 Å². The molecule has 0 aliphatic rings. The molecular weight excluding hydrogens is 266 g/mol. The summed E-state index contributed by atoms with van der Waals surface area (Å²) in [6.07, 6.45) is 0.902. The molecule has 0 spiro atoms. The maximum atomic E-state index is 12.2. The second-order valence-corrected chi connectivity index (χ2v) is 4.65. The van der Waals surface area contributed by atoms with Crippen LogP contribution in [-0.2, 0) is 13.0 Å². The number of aromatic nitrogens is 2. The van der Waals surface area contributed by atoms with Crippen LogP contribution in [0, 0.1) is 11.3 Å². The van der Waals surface area contributed by atoms with Gasteiger partial charge in [0.2, 0.25) is 0 Å². The molecule has 0 bridgehead atoms. The van der Waals surface area contributed by atoms with Gasteiger partial charge in [0, 0.05) is 17.7 Å². The van der Waals surface area contributed by atoms with Crippen molar-refractivity contribution in [1.29, 1.82) is 5.26 Å². The van der Waals surface area contributed by atoms with Crippen molar-refractivity contribution in [2.75, 3.05) is 7.11 Å². The van der Waals surface area contributed by atoms with E-state index in [0.717, 1.165) is 17.7 Å². The molecule has 5 nitrogen and oxygen atoms in total. The number of methoxy groups -OCH3 is 1. The summed E-state index contributed by atoms with van der Waals surface area (Å²) >= 11 is 0. The van der Waals surface area contributed by atoms with Crippen molar-refractivity contribution in [3.63, 3.8) is 0 Å². The molecule has 0 N–H and O–H groups in total. The number of nitriles is 1. The third kappa shape index (κ3) is 3.29. The minimum Gasteiger partial charge on any atom is -0.497 e. The highest BCUT2D eigenvalue weighted by Gasteiger charge is 2.09. The van der Waals surface area contributed by atoms with Gasteiger partial charge in [-0.3, -0.25) is 4.79 Å². The second kappa shape index (κ2) is 6.71. The van der Waals surface area contributed by atoms with Gasteiger partial charge in [-0.05, 0) is 36.8 Å². The quantitative estimate of drug-likeness (QED) is 0.845. The van der Waals surface area contributed by atoms with Crippen LogP contribution >= 0.6 is 0 Å². The summed E-state index contributed by atoms with van der Waals surface area (Å²) in [6, 6.07) is 11.2. The van der Waals surface area contributed by atoms with Crippen LogP contribution in [0.5, 0.6) is 5.75 Å². The van der Waals surface area contributed by atoms with E-state index in [4.69, 9.17) is 10.00 Å². The van der Waals surface area contributed by atoms with E-state index in [9.17, 15) is 4.79 Å². The van der Waals surface area contributed by atoms with E-state index in [0.29, 0.717) is 17.8 Å². The van der Waals surface area contributed by atoms with E-state index < -0.39 is 0 Å². The van der Waals surface area contributed by atoms with Crippen LogP contribution in [0.15, 0.2) is 35.1 Å². The molecule has 0 amide bonds. The highest BCUT2D eigenvalue weighted by atomic mass is 16.5. The lowest BCUT2D eigenvalue weighted by atomic mass is 10.1. The normalized spacial score (nSPS) is 10.1. The van der Waals surface area contributed by atoms with Gasteiger partial charge < -0.3 is 4.74 Å². The summed E-state index contributed by atoms with van der Waals surface area (Å²) in [4.78, 5) is 12.2. The van der Waals surface area contributed by atoms with E-state index in [-0.39, 0.29) is 12.0 Å². The molecule has 108 valence electrons. The molecule has 0 aliphatic carbocycles. The predicted molar refractivity (Wildman–Crippen MR) is 80.1 cm³/mol. The Labute approximate surface area is 123 Å². The molecule has 0 unspecified atom stereocenters. The van der Waals surface area contributed by atoms with Gasteiger partial charge in [-0.1, -0.05) is 6.92 Å². The zero-order valence-electron chi connectivity index (χ0n) is 12.2. The summed E-state index contributed by atoms with van der Waals surface area (Å²) in [5.41, 5.74) is 1.87. The summed E-state index contributed by atoms with van der Waals surface area (Å²) in [6.45, 7) is 2.53. The molecule has 1 heterocycles. The zero-order valence-corrected chi connectivity index (χ0v) is 12.2. The fourth-order valence-electron chi connectivity index (χ4n) is 2.07. The first-order valence-corrected chi connectivity index (χ1v) is 6.82. The highest BCUT2D eigenvalue weighted by molar-refractivity contribution is 5.60. The molecule has 2 aromatic rings. The van der Waals surface area contributed by atoms with Gasteiger partial charge in [-0.25, -0.2) is 4.68 Å². The molecule has 2 rings (SSSR count). The Hall–Kier alpha value is -2.61. The van der Waals surface area contributed by atoms with Gasteiger partial charge in [0.15, 0.2) is 0 Å². The smallest absolute Gasteiger partial charge is 0.271 e. The van der Waals surface area contributed by atoms with Crippen LogP contribution in [0.2, 0.25) is 0 Å². The van der Waals surface area contributed by atoms with Crippen molar-refractivity contribution >= 4 is 0 Å². The number of ether oxygens (including phenoxy) is 1. The largest absolute Gasteiger partial charge is 0.497 e. The number of hydrogen-bond acceptors (Lipinski definition) is 4. The molecule has 1 aromatic carbocycles. The van der Waals surface area contributed by atoms with Crippen molar-refractivity contribution in [3.05, 3.63) is 46.2 Å². The topological polar surface area (TPSA) is 67.9 Å². The number of aryl methyl sites for hydroxylation is 1. The van der Waals surface area contributed by atoms with Crippen LogP contribution in [0.4, 0.5) is 0 Å². The molecule has 0 atom stereocenters. The average Bonchev–Trinajstić information content (AvgIpc) is 2.51. The molecule has 0 fully saturated rings. The number of nitrogens with zero attached hydrogens (tertiary/aromatic N) is 3. The molecular formula is C16H17N3O2. The Balaban J connectivity index is 2.51. The van der Waals surface area contributed by atoms with Gasteiger partial charge >= 0.3 is 0 Å². The van der Waals surface area contributed by atoms with E-state index in [2.05, 4.69) is 5.10 Å². The maximum Gasteiger partial charge on any atom is 0.271 e. The minimum absolute atomic E-state index is 0.0915. The van der Waals surface area contributed by atoms with Gasteiger partial charge in [0.25, 0.3) is 5.56 Å². The molecule has 0 radical (unpaired) electrons. The zero-order chi connectivity index (χ0) is 15.2. The van der Waals surface area contributed by atoms with Gasteiger partial charge in [0.1, 0.15) is 5.75 Å². The van der Waals surface area contributed by atoms with Crippen molar-refractivity contribution in [2.45, 2.75) is 26.3 Å². The van der Waals surface area contributed by atoms with Crippen LogP contribution in [0.1, 0.15) is 18.9 Å². The monoisotopic (exact) mass is 283 g/mol. The Morgan fingerprint density at radius 3 is 2.62 bits per heavy atom. The molecule has 0 saturated carbocycles. The molecule has 21 heavy (non-hydrogen) atoms. The van der Waals surface area contributed by atoms with Crippen molar-refractivity contribution in [2.24, 2.45) is 0 Å². The summed E-state index contributed by atoms with van der Waals surface area (Å²) in [7, 11) is 1.61. The average molecular weight is 283 g/mol. The Bertz CT molecular complexity index is 712. The Kier molecular flexibility index (Phi) is 4.72. The standard InChI is InChI=1S/C16H17N3O2/c1-3-10-19-16(20)13(8-9-17)11-15(18-19)12-4-6-14(21-2)7-5-12/h4-7,11H,3,8,10H2,1-2H3. The van der Waals surface area contributed by atoms with Crippen LogP contribution in [0.3, 0.4) is 0 Å². The summed E-state index contributed by atoms with van der Waals surface area (Å²) < 4.78 is 6.57. The molecule has 1 aromatic heterocycles. The fourth-order valence-corrected chi connectivity index (χ4v) is 2.07. The van der Waals surface area contributed by atoms with E-state index in [1.165, 1.54) is 4.68 Å². The van der Waals surface area contributed by atoms with Crippen molar-refractivity contribution in [3.8, 4) is 23.1 Å². The predicted octanol–water partition coefficient (Wildman–Crippen LogP) is 2.39. The van der Waals surface area contributed by atoms with E-state index in [1.807, 2.05) is 37.3 Å². The first kappa shape index (κ1) is 14.8. The van der Waals surface area contributed by atoms with Crippen LogP contribution in [-0.4, -0.2) is 16.9 Å². The number of hydrogen-bond donors (Lipinski definition) is 0. The third-order valence-corrected chi connectivity index (χ3v) is 3.14. The van der Waals surface area contributed by atoms with Gasteiger partial charge in [-0.2, -0.15) is 10.4 Å². The van der Waals surface area contributed by atoms with Crippen LogP contribution in [0.25, 0.3) is 11.3 Å². The molecule has 0 aliphatic heterocycles. The van der Waals surface area contributed by atoms with Gasteiger partial charge in [0.05, 0.1) is 25.3 Å². The number of benzene rings is 1. The number of rotatable bonds is 5. The lowest BCUT2D eigenvalue weighted by molar-refractivity contribution is 0.415. The van der Waals surface area contributed by atoms with Crippen molar-refractivity contribution < 1.29 is 4.74 Å². The summed E-state index contributed by atoms with van der Waals surface area (Å²) in [5.74, 6) is 0.762. The van der Waals surface area contributed by atoms with Gasteiger partial charge in [-0.15, -0.1) is 0 Å². The van der Waals surface area contributed by atoms with E-state index in [1.54, 1.807) is 13.2 Å². The first-order chi connectivity index (χ1) is 10.2. The lowest BCUT2D eigenvalue weighted by Crippen LogP contribution is -2.26. The Morgan fingerprint density at radius 2 is 2.05 bits per heavy atom. The highest BCUT2D eigenvalue weighted by Crippen LogP contribution is 2.20. The van der Waals surface area contributed by atoms with Crippen LogP contribution < -0.4 is 10.3 Å². The lowest BCUT2D eigenvalue weighted by Gasteiger charge is -2.09.